The van der Waals surface area contributed by atoms with Gasteiger partial charge >= 0.3 is 0 Å². The summed E-state index contributed by atoms with van der Waals surface area (Å²) in [6, 6.07) is 7.63. The van der Waals surface area contributed by atoms with Crippen molar-refractivity contribution in [3.8, 4) is 0 Å². The highest BCUT2D eigenvalue weighted by Gasteiger charge is 2.03. The predicted molar refractivity (Wildman–Crippen MR) is 81.1 cm³/mol. The molecule has 0 aliphatic rings. The number of amides is 1. The largest absolute Gasteiger partial charge is 0.379 e. The van der Waals surface area contributed by atoms with Crippen molar-refractivity contribution in [2.75, 3.05) is 10.6 Å². The number of hydrogen-bond donors (Lipinski definition) is 2. The lowest BCUT2D eigenvalue weighted by atomic mass is 10.2. The fourth-order valence-corrected chi connectivity index (χ4v) is 2.68. The number of carbonyl (C=O) groups is 1. The van der Waals surface area contributed by atoms with E-state index in [1.54, 1.807) is 11.3 Å². The number of imidazole rings is 1. The lowest BCUT2D eigenvalue weighted by molar-refractivity contribution is -0.114. The van der Waals surface area contributed by atoms with Gasteiger partial charge in [0, 0.05) is 36.1 Å². The fraction of sp³-hybridized carbons (Fsp3) is 0.143. The molecule has 0 unspecified atom stereocenters. The van der Waals surface area contributed by atoms with Crippen LogP contribution in [0.5, 0.6) is 0 Å². The second-order valence-corrected chi connectivity index (χ2v) is 5.31. The van der Waals surface area contributed by atoms with E-state index in [-0.39, 0.29) is 5.91 Å². The van der Waals surface area contributed by atoms with E-state index in [2.05, 4.69) is 15.6 Å². The Kier molecular flexibility index (Phi) is 3.39. The Labute approximate surface area is 120 Å². The van der Waals surface area contributed by atoms with Gasteiger partial charge in [0.1, 0.15) is 0 Å². The molecular weight excluding hydrogens is 272 g/mol. The summed E-state index contributed by atoms with van der Waals surface area (Å²) in [6.45, 7) is 2.15. The van der Waals surface area contributed by atoms with Crippen LogP contribution in [0.2, 0.25) is 0 Å². The smallest absolute Gasteiger partial charge is 0.221 e. The van der Waals surface area contributed by atoms with E-state index < -0.39 is 0 Å². The van der Waals surface area contributed by atoms with Crippen LogP contribution in [0, 0.1) is 0 Å². The van der Waals surface area contributed by atoms with Gasteiger partial charge in [0.05, 0.1) is 12.2 Å². The van der Waals surface area contributed by atoms with E-state index in [4.69, 9.17) is 0 Å². The maximum Gasteiger partial charge on any atom is 0.221 e. The van der Waals surface area contributed by atoms with Crippen LogP contribution in [0.1, 0.15) is 12.6 Å². The molecule has 3 rings (SSSR count). The molecule has 0 aliphatic heterocycles. The van der Waals surface area contributed by atoms with Gasteiger partial charge in [0.15, 0.2) is 4.96 Å². The van der Waals surface area contributed by atoms with Crippen LogP contribution in [-0.4, -0.2) is 15.3 Å². The molecule has 0 bridgehead atoms. The number of carbonyl (C=O) groups excluding carboxylic acids is 1. The molecule has 0 fully saturated rings. The van der Waals surface area contributed by atoms with Crippen molar-refractivity contribution in [2.45, 2.75) is 13.5 Å². The van der Waals surface area contributed by atoms with Gasteiger partial charge in [-0.1, -0.05) is 6.07 Å². The molecule has 0 atom stereocenters. The van der Waals surface area contributed by atoms with Crippen molar-refractivity contribution >= 4 is 33.6 Å². The number of thiazole rings is 1. The van der Waals surface area contributed by atoms with Gasteiger partial charge in [-0.3, -0.25) is 9.20 Å². The monoisotopic (exact) mass is 286 g/mol. The Balaban J connectivity index is 1.68. The van der Waals surface area contributed by atoms with E-state index in [9.17, 15) is 4.79 Å². The molecule has 0 radical (unpaired) electrons. The lowest BCUT2D eigenvalue weighted by Gasteiger charge is -2.07. The van der Waals surface area contributed by atoms with Gasteiger partial charge in [-0.2, -0.15) is 0 Å². The summed E-state index contributed by atoms with van der Waals surface area (Å²) >= 11 is 1.62. The van der Waals surface area contributed by atoms with E-state index in [1.165, 1.54) is 6.92 Å². The van der Waals surface area contributed by atoms with Crippen molar-refractivity contribution in [1.29, 1.82) is 0 Å². The lowest BCUT2D eigenvalue weighted by Crippen LogP contribution is -2.06. The Morgan fingerprint density at radius 2 is 2.25 bits per heavy atom. The molecule has 1 aromatic carbocycles. The second kappa shape index (κ2) is 5.34. The number of benzene rings is 1. The molecule has 0 saturated carbocycles. The summed E-state index contributed by atoms with van der Waals surface area (Å²) in [7, 11) is 0. The zero-order chi connectivity index (χ0) is 13.9. The first kappa shape index (κ1) is 12.7. The Bertz CT molecular complexity index is 718. The van der Waals surface area contributed by atoms with Gasteiger partial charge in [-0.15, -0.1) is 11.3 Å². The molecule has 2 heterocycles. The first-order chi connectivity index (χ1) is 9.70. The first-order valence-corrected chi connectivity index (χ1v) is 7.11. The zero-order valence-electron chi connectivity index (χ0n) is 11.0. The maximum absolute atomic E-state index is 11.0. The summed E-state index contributed by atoms with van der Waals surface area (Å²) in [5, 5.41) is 8.08. The van der Waals surface area contributed by atoms with Crippen LogP contribution in [-0.2, 0) is 11.3 Å². The van der Waals surface area contributed by atoms with Crippen LogP contribution >= 0.6 is 11.3 Å². The van der Waals surface area contributed by atoms with E-state index >= 15 is 0 Å². The fourth-order valence-electron chi connectivity index (χ4n) is 1.96. The zero-order valence-corrected chi connectivity index (χ0v) is 11.8. The topological polar surface area (TPSA) is 58.4 Å². The van der Waals surface area contributed by atoms with Crippen molar-refractivity contribution in [2.24, 2.45) is 0 Å². The molecule has 102 valence electrons. The Morgan fingerprint density at radius 1 is 1.40 bits per heavy atom. The summed E-state index contributed by atoms with van der Waals surface area (Å²) in [6.07, 6.45) is 4.00. The van der Waals surface area contributed by atoms with Crippen molar-refractivity contribution in [3.05, 3.63) is 47.7 Å². The van der Waals surface area contributed by atoms with E-state index in [1.807, 2.05) is 46.4 Å². The van der Waals surface area contributed by atoms with Gasteiger partial charge in [-0.05, 0) is 18.2 Å². The van der Waals surface area contributed by atoms with E-state index in [0.717, 1.165) is 22.0 Å². The predicted octanol–water partition coefficient (Wildman–Crippen LogP) is 2.97. The van der Waals surface area contributed by atoms with Crippen LogP contribution in [0.25, 0.3) is 4.96 Å². The quantitative estimate of drug-likeness (QED) is 0.775. The van der Waals surface area contributed by atoms with Gasteiger partial charge in [0.25, 0.3) is 0 Å². The number of rotatable bonds is 4. The Hall–Kier alpha value is -2.34. The highest BCUT2D eigenvalue weighted by atomic mass is 32.1. The highest BCUT2D eigenvalue weighted by Crippen LogP contribution is 2.17. The van der Waals surface area contributed by atoms with Crippen LogP contribution in [0.4, 0.5) is 11.4 Å². The molecule has 0 spiro atoms. The molecule has 3 aromatic rings. The number of nitrogens with zero attached hydrogens (tertiary/aromatic N) is 2. The summed E-state index contributed by atoms with van der Waals surface area (Å²) in [5.74, 6) is -0.0727. The van der Waals surface area contributed by atoms with Crippen molar-refractivity contribution < 1.29 is 4.79 Å². The molecule has 6 heteroatoms. The minimum atomic E-state index is -0.0727. The minimum absolute atomic E-state index is 0.0727. The van der Waals surface area contributed by atoms with E-state index in [0.29, 0.717) is 6.54 Å². The number of anilines is 2. The average Bonchev–Trinajstić information content (AvgIpc) is 2.96. The second-order valence-electron chi connectivity index (χ2n) is 4.44. The molecule has 1 amide bonds. The number of nitrogens with one attached hydrogen (secondary N) is 2. The SMILES string of the molecule is CC(=O)Nc1cccc(NCc2cn3ccsc3n2)c1. The summed E-state index contributed by atoms with van der Waals surface area (Å²) in [4.78, 5) is 16.5. The van der Waals surface area contributed by atoms with Crippen molar-refractivity contribution in [1.82, 2.24) is 9.38 Å². The third-order valence-corrected chi connectivity index (χ3v) is 3.57. The third kappa shape index (κ3) is 2.80. The summed E-state index contributed by atoms with van der Waals surface area (Å²) < 4.78 is 2.01. The first-order valence-electron chi connectivity index (χ1n) is 6.23. The summed E-state index contributed by atoms with van der Waals surface area (Å²) in [5.41, 5.74) is 2.72. The van der Waals surface area contributed by atoms with Crippen LogP contribution < -0.4 is 10.6 Å². The van der Waals surface area contributed by atoms with Crippen LogP contribution in [0.15, 0.2) is 42.0 Å². The normalized spacial score (nSPS) is 10.7. The number of fused-ring (bicyclic) bond motifs is 1. The minimum Gasteiger partial charge on any atom is -0.379 e. The van der Waals surface area contributed by atoms with Gasteiger partial charge in [0.2, 0.25) is 5.91 Å². The Morgan fingerprint density at radius 3 is 3.05 bits per heavy atom. The third-order valence-electron chi connectivity index (χ3n) is 2.80. The molecule has 0 saturated heterocycles. The highest BCUT2D eigenvalue weighted by molar-refractivity contribution is 7.15. The average molecular weight is 286 g/mol. The van der Waals surface area contributed by atoms with Crippen LogP contribution in [0.3, 0.4) is 0 Å². The van der Waals surface area contributed by atoms with Gasteiger partial charge < -0.3 is 10.6 Å². The molecule has 5 nitrogen and oxygen atoms in total. The van der Waals surface area contributed by atoms with Gasteiger partial charge in [-0.25, -0.2) is 4.98 Å². The molecule has 20 heavy (non-hydrogen) atoms. The molecule has 2 N–H and O–H groups in total. The molecular formula is C14H14N4OS. The molecule has 0 aliphatic carbocycles. The standard InChI is InChI=1S/C14H14N4OS/c1-10(19)16-12-4-2-3-11(7-12)15-8-13-9-18-5-6-20-14(18)17-13/h2-7,9,15H,8H2,1H3,(H,16,19). The maximum atomic E-state index is 11.0. The number of hydrogen-bond acceptors (Lipinski definition) is 4. The molecule has 2 aromatic heterocycles. The number of aromatic nitrogens is 2. The van der Waals surface area contributed by atoms with Crippen molar-refractivity contribution in [3.63, 3.8) is 0 Å².